The van der Waals surface area contributed by atoms with Gasteiger partial charge in [-0.25, -0.2) is 0 Å². The van der Waals surface area contributed by atoms with Gasteiger partial charge in [0.2, 0.25) is 0 Å². The molecule has 0 fully saturated rings. The van der Waals surface area contributed by atoms with Gasteiger partial charge in [-0.15, -0.1) is 0 Å². The van der Waals surface area contributed by atoms with Gasteiger partial charge >= 0.3 is 0 Å². The highest BCUT2D eigenvalue weighted by Gasteiger charge is 2.31. The Morgan fingerprint density at radius 2 is 1.25 bits per heavy atom. The van der Waals surface area contributed by atoms with Crippen LogP contribution in [-0.4, -0.2) is 0 Å². The molecule has 0 spiro atoms. The second-order valence-corrected chi connectivity index (χ2v) is 8.14. The van der Waals surface area contributed by atoms with Gasteiger partial charge in [0.25, 0.3) is 0 Å². The number of hydrogen-bond donors (Lipinski definition) is 0. The molecule has 0 bridgehead atoms. The topological polar surface area (TPSA) is 0 Å². The molecule has 0 amide bonds. The lowest BCUT2D eigenvalue weighted by Crippen LogP contribution is -2.13. The van der Waals surface area contributed by atoms with Gasteiger partial charge in [-0.1, -0.05) is 91.9 Å². The van der Waals surface area contributed by atoms with Crippen molar-refractivity contribution in [2.45, 2.75) is 19.8 Å². The fourth-order valence-electron chi connectivity index (χ4n) is 5.28. The molecule has 2 aliphatic carbocycles. The SMILES string of the molecule is C[C@@H]1CCc2ccc3ccccc3c2C1=C1c2ccccc2-c2ccccc21. The van der Waals surface area contributed by atoms with E-state index >= 15 is 0 Å². The van der Waals surface area contributed by atoms with E-state index in [2.05, 4.69) is 91.9 Å². The summed E-state index contributed by atoms with van der Waals surface area (Å²) >= 11 is 0. The van der Waals surface area contributed by atoms with Crippen molar-refractivity contribution in [1.29, 1.82) is 0 Å². The average Bonchev–Trinajstić information content (AvgIpc) is 3.08. The lowest BCUT2D eigenvalue weighted by atomic mass is 9.75. The number of aryl methyl sites for hydroxylation is 1. The first-order valence-corrected chi connectivity index (χ1v) is 10.3. The summed E-state index contributed by atoms with van der Waals surface area (Å²) in [5, 5.41) is 2.74. The molecule has 0 heterocycles. The fourth-order valence-corrected chi connectivity index (χ4v) is 5.28. The van der Waals surface area contributed by atoms with E-state index in [1.54, 1.807) is 0 Å². The monoisotopic (exact) mass is 358 g/mol. The van der Waals surface area contributed by atoms with E-state index in [0.717, 1.165) is 0 Å². The smallest absolute Gasteiger partial charge is 0.00578 e. The molecule has 1 atom stereocenters. The minimum Gasteiger partial charge on any atom is -0.0616 e. The zero-order valence-electron chi connectivity index (χ0n) is 16.1. The molecule has 0 radical (unpaired) electrons. The van der Waals surface area contributed by atoms with Crippen molar-refractivity contribution in [3.05, 3.63) is 107 Å². The molecule has 6 rings (SSSR count). The van der Waals surface area contributed by atoms with Gasteiger partial charge in [0.1, 0.15) is 0 Å². The van der Waals surface area contributed by atoms with Crippen LogP contribution in [0.2, 0.25) is 0 Å². The number of fused-ring (bicyclic) bond motifs is 6. The highest BCUT2D eigenvalue weighted by molar-refractivity contribution is 6.14. The third-order valence-electron chi connectivity index (χ3n) is 6.58. The molecule has 134 valence electrons. The molecule has 2 aliphatic rings. The van der Waals surface area contributed by atoms with Crippen LogP contribution in [0, 0.1) is 5.92 Å². The quantitative estimate of drug-likeness (QED) is 0.271. The van der Waals surface area contributed by atoms with Crippen molar-refractivity contribution < 1.29 is 0 Å². The predicted molar refractivity (Wildman–Crippen MR) is 119 cm³/mol. The second kappa shape index (κ2) is 5.94. The summed E-state index contributed by atoms with van der Waals surface area (Å²) in [5.74, 6) is 0.549. The summed E-state index contributed by atoms with van der Waals surface area (Å²) in [7, 11) is 0. The lowest BCUT2D eigenvalue weighted by Gasteiger charge is -2.29. The standard InChI is InChI=1S/C28H22/c1-18-14-15-20-17-16-19-8-2-3-9-21(19)27(20)26(18)28-24-12-6-4-10-22(24)23-11-5-7-13-25(23)28/h2-13,16-18H,14-15H2,1H3/t18-/m1/s1. The molecule has 0 aromatic heterocycles. The van der Waals surface area contributed by atoms with Gasteiger partial charge in [0.05, 0.1) is 0 Å². The van der Waals surface area contributed by atoms with Crippen molar-refractivity contribution >= 4 is 21.9 Å². The van der Waals surface area contributed by atoms with Crippen LogP contribution in [-0.2, 0) is 6.42 Å². The Bertz CT molecular complexity index is 1220. The Kier molecular flexibility index (Phi) is 3.37. The Morgan fingerprint density at radius 3 is 1.96 bits per heavy atom. The van der Waals surface area contributed by atoms with E-state index in [1.165, 1.54) is 68.1 Å². The molecule has 0 unspecified atom stereocenters. The molecular formula is C28H22. The van der Waals surface area contributed by atoms with Crippen LogP contribution in [0.5, 0.6) is 0 Å². The Morgan fingerprint density at radius 1 is 0.643 bits per heavy atom. The first-order valence-electron chi connectivity index (χ1n) is 10.3. The van der Waals surface area contributed by atoms with Gasteiger partial charge in [-0.05, 0) is 74.1 Å². The maximum atomic E-state index is 2.41. The zero-order chi connectivity index (χ0) is 18.7. The molecule has 0 aliphatic heterocycles. The zero-order valence-corrected chi connectivity index (χ0v) is 16.1. The first-order chi connectivity index (χ1) is 13.8. The highest BCUT2D eigenvalue weighted by Crippen LogP contribution is 2.52. The summed E-state index contributed by atoms with van der Waals surface area (Å²) in [6.45, 7) is 2.41. The van der Waals surface area contributed by atoms with Crippen molar-refractivity contribution in [3.8, 4) is 11.1 Å². The summed E-state index contributed by atoms with van der Waals surface area (Å²) in [4.78, 5) is 0. The van der Waals surface area contributed by atoms with Gasteiger partial charge in [-0.3, -0.25) is 0 Å². The van der Waals surface area contributed by atoms with Crippen molar-refractivity contribution in [3.63, 3.8) is 0 Å². The summed E-state index contributed by atoms with van der Waals surface area (Å²) in [6.07, 6.45) is 2.38. The maximum absolute atomic E-state index is 2.41. The van der Waals surface area contributed by atoms with E-state index in [4.69, 9.17) is 0 Å². The number of allylic oxidation sites excluding steroid dienone is 1. The molecular weight excluding hydrogens is 336 g/mol. The molecule has 0 nitrogen and oxygen atoms in total. The first kappa shape index (κ1) is 15.9. The van der Waals surface area contributed by atoms with Crippen LogP contribution in [0.15, 0.2) is 84.9 Å². The van der Waals surface area contributed by atoms with Gasteiger partial charge < -0.3 is 0 Å². The molecule has 4 aromatic rings. The summed E-state index contributed by atoms with van der Waals surface area (Å²) < 4.78 is 0. The Balaban J connectivity index is 1.79. The Hall–Kier alpha value is -3.12. The third-order valence-corrected chi connectivity index (χ3v) is 6.58. The largest absolute Gasteiger partial charge is 0.0616 e. The van der Waals surface area contributed by atoms with Crippen LogP contribution in [0.25, 0.3) is 33.0 Å². The third kappa shape index (κ3) is 2.12. The second-order valence-electron chi connectivity index (χ2n) is 8.14. The predicted octanol–water partition coefficient (Wildman–Crippen LogP) is 7.36. The number of rotatable bonds is 0. The molecule has 28 heavy (non-hydrogen) atoms. The van der Waals surface area contributed by atoms with E-state index in [9.17, 15) is 0 Å². The lowest BCUT2D eigenvalue weighted by molar-refractivity contribution is 0.645. The minimum absolute atomic E-state index is 0.549. The fraction of sp³-hybridized carbons (Fsp3) is 0.143. The van der Waals surface area contributed by atoms with Crippen LogP contribution < -0.4 is 0 Å². The van der Waals surface area contributed by atoms with Crippen LogP contribution in [0.4, 0.5) is 0 Å². The Labute approximate surface area is 166 Å². The molecule has 0 heteroatoms. The summed E-state index contributed by atoms with van der Waals surface area (Å²) in [6, 6.07) is 31.4. The van der Waals surface area contributed by atoms with Crippen molar-refractivity contribution in [1.82, 2.24) is 0 Å². The van der Waals surface area contributed by atoms with E-state index in [0.29, 0.717) is 5.92 Å². The number of benzene rings is 4. The minimum atomic E-state index is 0.549. The van der Waals surface area contributed by atoms with Gasteiger partial charge in [0, 0.05) is 0 Å². The van der Waals surface area contributed by atoms with E-state index in [-0.39, 0.29) is 0 Å². The van der Waals surface area contributed by atoms with Crippen LogP contribution >= 0.6 is 0 Å². The van der Waals surface area contributed by atoms with Gasteiger partial charge in [-0.2, -0.15) is 0 Å². The van der Waals surface area contributed by atoms with E-state index < -0.39 is 0 Å². The van der Waals surface area contributed by atoms with Gasteiger partial charge in [0.15, 0.2) is 0 Å². The van der Waals surface area contributed by atoms with Crippen molar-refractivity contribution in [2.75, 3.05) is 0 Å². The molecule has 4 aromatic carbocycles. The van der Waals surface area contributed by atoms with Crippen LogP contribution in [0.3, 0.4) is 0 Å². The molecule has 0 N–H and O–H groups in total. The van der Waals surface area contributed by atoms with Crippen molar-refractivity contribution in [2.24, 2.45) is 5.92 Å². The highest BCUT2D eigenvalue weighted by atomic mass is 14.3. The maximum Gasteiger partial charge on any atom is -0.00578 e. The van der Waals surface area contributed by atoms with Crippen LogP contribution in [0.1, 0.15) is 35.6 Å². The molecule has 0 saturated heterocycles. The normalized spacial score (nSPS) is 17.4. The molecule has 0 saturated carbocycles. The number of hydrogen-bond acceptors (Lipinski definition) is 0. The van der Waals surface area contributed by atoms with E-state index in [1.807, 2.05) is 0 Å². The summed E-state index contributed by atoms with van der Waals surface area (Å²) in [5.41, 5.74) is 11.5. The average molecular weight is 358 g/mol.